The van der Waals surface area contributed by atoms with Crippen molar-refractivity contribution in [1.29, 1.82) is 0 Å². The molecule has 0 atom stereocenters. The number of hydrogen-bond donors (Lipinski definition) is 1. The van der Waals surface area contributed by atoms with Gasteiger partial charge in [0, 0.05) is 16.0 Å². The summed E-state index contributed by atoms with van der Waals surface area (Å²) in [5, 5.41) is 4.21. The summed E-state index contributed by atoms with van der Waals surface area (Å²) in [4.78, 5) is 0. The monoisotopic (exact) mass is 323 g/mol. The van der Waals surface area contributed by atoms with Crippen LogP contribution in [0.15, 0.2) is 53.0 Å². The van der Waals surface area contributed by atoms with Gasteiger partial charge in [-0.05, 0) is 42.3 Å². The molecule has 1 nitrogen and oxygen atoms in total. The molecule has 18 heavy (non-hydrogen) atoms. The molecule has 0 aliphatic rings. The van der Waals surface area contributed by atoms with E-state index in [-0.39, 0.29) is 0 Å². The first kappa shape index (κ1) is 13.6. The van der Waals surface area contributed by atoms with Crippen molar-refractivity contribution in [3.05, 3.63) is 69.2 Å². The molecule has 0 bridgehead atoms. The summed E-state index contributed by atoms with van der Waals surface area (Å²) in [7, 11) is 0. The van der Waals surface area contributed by atoms with Gasteiger partial charge in [-0.2, -0.15) is 0 Å². The van der Waals surface area contributed by atoms with Crippen molar-refractivity contribution in [2.75, 3.05) is 6.54 Å². The molecule has 0 heterocycles. The van der Waals surface area contributed by atoms with Gasteiger partial charge < -0.3 is 5.32 Å². The average molecular weight is 325 g/mol. The van der Waals surface area contributed by atoms with Crippen LogP contribution >= 0.6 is 27.5 Å². The van der Waals surface area contributed by atoms with E-state index in [1.165, 1.54) is 11.1 Å². The highest BCUT2D eigenvalue weighted by atomic mass is 79.9. The molecular formula is C15H15BrClN. The van der Waals surface area contributed by atoms with Crippen molar-refractivity contribution < 1.29 is 0 Å². The van der Waals surface area contributed by atoms with E-state index < -0.39 is 0 Å². The molecule has 2 aromatic rings. The lowest BCUT2D eigenvalue weighted by Gasteiger charge is -2.07. The molecule has 0 unspecified atom stereocenters. The van der Waals surface area contributed by atoms with E-state index in [0.717, 1.165) is 29.0 Å². The van der Waals surface area contributed by atoms with E-state index in [0.29, 0.717) is 0 Å². The topological polar surface area (TPSA) is 12.0 Å². The summed E-state index contributed by atoms with van der Waals surface area (Å²) >= 11 is 9.51. The largest absolute Gasteiger partial charge is 0.312 e. The fourth-order valence-corrected chi connectivity index (χ4v) is 2.36. The van der Waals surface area contributed by atoms with Crippen LogP contribution in [-0.2, 0) is 13.0 Å². The zero-order valence-electron chi connectivity index (χ0n) is 10.00. The van der Waals surface area contributed by atoms with Gasteiger partial charge in [-0.25, -0.2) is 0 Å². The van der Waals surface area contributed by atoms with E-state index in [2.05, 4.69) is 45.5 Å². The van der Waals surface area contributed by atoms with Crippen molar-refractivity contribution >= 4 is 27.5 Å². The molecule has 0 aliphatic carbocycles. The Hall–Kier alpha value is -0.830. The molecular weight excluding hydrogens is 310 g/mol. The molecule has 94 valence electrons. The lowest BCUT2D eigenvalue weighted by Crippen LogP contribution is -2.16. The zero-order valence-corrected chi connectivity index (χ0v) is 12.3. The molecule has 3 heteroatoms. The van der Waals surface area contributed by atoms with Gasteiger partial charge in [-0.15, -0.1) is 0 Å². The Balaban J connectivity index is 1.80. The second-order valence-corrected chi connectivity index (χ2v) is 5.44. The van der Waals surface area contributed by atoms with E-state index in [1.54, 1.807) is 0 Å². The summed E-state index contributed by atoms with van der Waals surface area (Å²) in [5.74, 6) is 0. The van der Waals surface area contributed by atoms with E-state index in [4.69, 9.17) is 11.6 Å². The van der Waals surface area contributed by atoms with Gasteiger partial charge in [0.15, 0.2) is 0 Å². The van der Waals surface area contributed by atoms with Crippen molar-refractivity contribution in [3.8, 4) is 0 Å². The van der Waals surface area contributed by atoms with Gasteiger partial charge in [0.1, 0.15) is 0 Å². The second kappa shape index (κ2) is 6.93. The number of nitrogens with one attached hydrogen (secondary N) is 1. The third-order valence-corrected chi connectivity index (χ3v) is 3.77. The molecule has 0 fully saturated rings. The van der Waals surface area contributed by atoms with Crippen LogP contribution in [0.25, 0.3) is 0 Å². The van der Waals surface area contributed by atoms with Gasteiger partial charge in [-0.1, -0.05) is 57.9 Å². The highest BCUT2D eigenvalue weighted by Crippen LogP contribution is 2.20. The zero-order chi connectivity index (χ0) is 12.8. The second-order valence-electron chi connectivity index (χ2n) is 4.15. The predicted octanol–water partition coefficient (Wildman–Crippen LogP) is 4.43. The molecule has 0 radical (unpaired) electrons. The Labute approximate surface area is 121 Å². The first-order valence-corrected chi connectivity index (χ1v) is 7.11. The van der Waals surface area contributed by atoms with Crippen molar-refractivity contribution in [1.82, 2.24) is 5.32 Å². The Morgan fingerprint density at radius 3 is 2.61 bits per heavy atom. The molecule has 1 N–H and O–H groups in total. The Morgan fingerprint density at radius 2 is 1.83 bits per heavy atom. The number of halogens is 2. The maximum absolute atomic E-state index is 5.98. The van der Waals surface area contributed by atoms with Crippen LogP contribution in [0.2, 0.25) is 5.02 Å². The standard InChI is InChI=1S/C15H15BrClN/c16-15-7-6-14(17)10-13(15)11-18-9-8-12-4-2-1-3-5-12/h1-7,10,18H,8-9,11H2. The van der Waals surface area contributed by atoms with Gasteiger partial charge in [0.05, 0.1) is 0 Å². The average Bonchev–Trinajstić information content (AvgIpc) is 2.40. The predicted molar refractivity (Wildman–Crippen MR) is 81.0 cm³/mol. The molecule has 0 amide bonds. The Bertz CT molecular complexity index is 499. The van der Waals surface area contributed by atoms with Gasteiger partial charge >= 0.3 is 0 Å². The summed E-state index contributed by atoms with van der Waals surface area (Å²) in [5.41, 5.74) is 2.55. The number of hydrogen-bond acceptors (Lipinski definition) is 1. The summed E-state index contributed by atoms with van der Waals surface area (Å²) in [6.07, 6.45) is 1.04. The number of rotatable bonds is 5. The van der Waals surface area contributed by atoms with Crippen LogP contribution in [0, 0.1) is 0 Å². The third kappa shape index (κ3) is 4.13. The van der Waals surface area contributed by atoms with Gasteiger partial charge in [0.25, 0.3) is 0 Å². The molecule has 0 saturated heterocycles. The lowest BCUT2D eigenvalue weighted by atomic mass is 10.1. The van der Waals surface area contributed by atoms with Crippen LogP contribution in [0.5, 0.6) is 0 Å². The summed E-state index contributed by atoms with van der Waals surface area (Å²) < 4.78 is 1.10. The van der Waals surface area contributed by atoms with Crippen LogP contribution in [0.4, 0.5) is 0 Å². The SMILES string of the molecule is Clc1ccc(Br)c(CNCCc2ccccc2)c1. The third-order valence-electron chi connectivity index (χ3n) is 2.76. The lowest BCUT2D eigenvalue weighted by molar-refractivity contribution is 0.685. The smallest absolute Gasteiger partial charge is 0.0410 e. The van der Waals surface area contributed by atoms with Crippen LogP contribution in [0.3, 0.4) is 0 Å². The van der Waals surface area contributed by atoms with E-state index in [9.17, 15) is 0 Å². The summed E-state index contributed by atoms with van der Waals surface area (Å²) in [6, 6.07) is 16.3. The molecule has 0 aliphatic heterocycles. The van der Waals surface area contributed by atoms with Crippen molar-refractivity contribution in [3.63, 3.8) is 0 Å². The Kier molecular flexibility index (Phi) is 5.24. The molecule has 0 aromatic heterocycles. The van der Waals surface area contributed by atoms with Crippen LogP contribution in [0.1, 0.15) is 11.1 Å². The van der Waals surface area contributed by atoms with Crippen LogP contribution in [-0.4, -0.2) is 6.54 Å². The minimum Gasteiger partial charge on any atom is -0.312 e. The highest BCUT2D eigenvalue weighted by molar-refractivity contribution is 9.10. The molecule has 2 rings (SSSR count). The van der Waals surface area contributed by atoms with E-state index >= 15 is 0 Å². The van der Waals surface area contributed by atoms with Crippen molar-refractivity contribution in [2.45, 2.75) is 13.0 Å². The first-order chi connectivity index (χ1) is 8.75. The number of benzene rings is 2. The first-order valence-electron chi connectivity index (χ1n) is 5.94. The Morgan fingerprint density at radius 1 is 1.06 bits per heavy atom. The summed E-state index contributed by atoms with van der Waals surface area (Å²) in [6.45, 7) is 1.79. The van der Waals surface area contributed by atoms with Gasteiger partial charge in [0.2, 0.25) is 0 Å². The minimum atomic E-state index is 0.776. The van der Waals surface area contributed by atoms with Crippen molar-refractivity contribution in [2.24, 2.45) is 0 Å². The fraction of sp³-hybridized carbons (Fsp3) is 0.200. The minimum absolute atomic E-state index is 0.776. The van der Waals surface area contributed by atoms with E-state index in [1.807, 2.05) is 24.3 Å². The maximum Gasteiger partial charge on any atom is 0.0410 e. The van der Waals surface area contributed by atoms with Crippen LogP contribution < -0.4 is 5.32 Å². The van der Waals surface area contributed by atoms with Gasteiger partial charge in [-0.3, -0.25) is 0 Å². The maximum atomic E-state index is 5.98. The normalized spacial score (nSPS) is 10.6. The fourth-order valence-electron chi connectivity index (χ4n) is 1.78. The molecule has 2 aromatic carbocycles. The highest BCUT2D eigenvalue weighted by Gasteiger charge is 2.00. The molecule has 0 saturated carbocycles. The molecule has 0 spiro atoms. The quantitative estimate of drug-likeness (QED) is 0.802.